The average molecular weight is 296 g/mol. The van der Waals surface area contributed by atoms with Crippen molar-refractivity contribution in [1.82, 2.24) is 14.7 Å². The zero-order valence-corrected chi connectivity index (χ0v) is 11.9. The van der Waals surface area contributed by atoms with Gasteiger partial charge in [0.15, 0.2) is 0 Å². The highest BCUT2D eigenvalue weighted by Crippen LogP contribution is 2.10. The van der Waals surface area contributed by atoms with Crippen LogP contribution < -0.4 is 4.72 Å². The Morgan fingerprint density at radius 1 is 1.47 bits per heavy atom. The largest absolute Gasteiger partial charge is 0.243 e. The molecule has 1 aromatic rings. The van der Waals surface area contributed by atoms with Crippen LogP contribution in [0.25, 0.3) is 0 Å². The van der Waals surface area contributed by atoms with Crippen molar-refractivity contribution in [3.63, 3.8) is 0 Å². The Morgan fingerprint density at radius 3 is 2.53 bits per heavy atom. The Kier molecular flexibility index (Phi) is 5.64. The number of hydrogen-bond acceptors (Lipinski definition) is 5. The fourth-order valence-electron chi connectivity index (χ4n) is 1.16. The van der Waals surface area contributed by atoms with Crippen LogP contribution in [0, 0.1) is 0 Å². The van der Waals surface area contributed by atoms with Gasteiger partial charge in [-0.15, -0.1) is 0 Å². The maximum atomic E-state index is 11.9. The molecule has 1 N–H and O–H groups in total. The van der Waals surface area contributed by atoms with E-state index in [1.807, 2.05) is 13.2 Å². The number of nitrogens with zero attached hydrogens (tertiary/aromatic N) is 2. The van der Waals surface area contributed by atoms with E-state index in [1.165, 1.54) is 12.4 Å². The minimum absolute atomic E-state index is 0.0279. The summed E-state index contributed by atoms with van der Waals surface area (Å²) in [5.74, 6) is 0.726. The number of thioether (sulfide) groups is 1. The highest BCUT2D eigenvalue weighted by Gasteiger charge is 2.19. The van der Waals surface area contributed by atoms with Gasteiger partial charge in [0, 0.05) is 11.8 Å². The maximum Gasteiger partial charge on any atom is 0.243 e. The molecule has 0 aliphatic rings. The molecule has 0 saturated carbocycles. The molecule has 0 aliphatic heterocycles. The summed E-state index contributed by atoms with van der Waals surface area (Å²) >= 11 is 7.10. The van der Waals surface area contributed by atoms with Crippen molar-refractivity contribution in [3.05, 3.63) is 17.7 Å². The molecule has 0 saturated heterocycles. The maximum absolute atomic E-state index is 11.9. The first kappa shape index (κ1) is 14.7. The number of rotatable bonds is 6. The molecule has 96 valence electrons. The first-order valence-electron chi connectivity index (χ1n) is 4.98. The van der Waals surface area contributed by atoms with Gasteiger partial charge in [0.1, 0.15) is 4.90 Å². The van der Waals surface area contributed by atoms with Gasteiger partial charge in [-0.2, -0.15) is 11.8 Å². The van der Waals surface area contributed by atoms with Crippen molar-refractivity contribution >= 4 is 33.4 Å². The van der Waals surface area contributed by atoms with Crippen molar-refractivity contribution in [3.8, 4) is 0 Å². The van der Waals surface area contributed by atoms with Crippen LogP contribution in [0.5, 0.6) is 0 Å². The molecule has 0 fully saturated rings. The van der Waals surface area contributed by atoms with E-state index in [-0.39, 0.29) is 16.2 Å². The summed E-state index contributed by atoms with van der Waals surface area (Å²) in [6.45, 7) is 1.93. The lowest BCUT2D eigenvalue weighted by atomic mass is 10.3. The van der Waals surface area contributed by atoms with E-state index >= 15 is 0 Å². The van der Waals surface area contributed by atoms with Crippen molar-refractivity contribution in [1.29, 1.82) is 0 Å². The fourth-order valence-corrected chi connectivity index (χ4v) is 3.30. The van der Waals surface area contributed by atoms with Gasteiger partial charge in [0.05, 0.1) is 12.4 Å². The van der Waals surface area contributed by atoms with Crippen LogP contribution in [0.4, 0.5) is 0 Å². The number of sulfonamides is 1. The first-order chi connectivity index (χ1) is 7.99. The number of halogens is 1. The number of nitrogens with one attached hydrogen (secondary N) is 1. The van der Waals surface area contributed by atoms with Crippen LogP contribution in [0.1, 0.15) is 13.3 Å². The Hall–Kier alpha value is -0.370. The average Bonchev–Trinajstić information content (AvgIpc) is 2.28. The molecule has 0 bridgehead atoms. The molecule has 1 aromatic heterocycles. The number of hydrogen-bond donors (Lipinski definition) is 1. The lowest BCUT2D eigenvalue weighted by molar-refractivity contribution is 0.557. The predicted molar refractivity (Wildman–Crippen MR) is 69.8 cm³/mol. The molecule has 5 nitrogen and oxygen atoms in total. The number of aromatic nitrogens is 2. The summed E-state index contributed by atoms with van der Waals surface area (Å²) < 4.78 is 26.5. The molecule has 1 heterocycles. The van der Waals surface area contributed by atoms with Crippen LogP contribution in [-0.4, -0.2) is 36.4 Å². The van der Waals surface area contributed by atoms with E-state index in [1.54, 1.807) is 11.8 Å². The van der Waals surface area contributed by atoms with Gasteiger partial charge < -0.3 is 0 Å². The third kappa shape index (κ3) is 4.42. The van der Waals surface area contributed by atoms with Crippen molar-refractivity contribution < 1.29 is 8.42 Å². The summed E-state index contributed by atoms with van der Waals surface area (Å²) in [5.41, 5.74) is 0. The normalized spacial score (nSPS) is 13.6. The zero-order chi connectivity index (χ0) is 12.9. The lowest BCUT2D eigenvalue weighted by Gasteiger charge is -2.15. The standard InChI is InChI=1S/C9H14ClN3O2S2/c1-3-7(6-16-2)13-17(14,15)8-4-11-9(10)12-5-8/h4-5,7,13H,3,6H2,1-2H3. The van der Waals surface area contributed by atoms with Crippen LogP contribution in [-0.2, 0) is 10.0 Å². The summed E-state index contributed by atoms with van der Waals surface area (Å²) in [5, 5.41) is 0.0279. The van der Waals surface area contributed by atoms with Crippen LogP contribution in [0.15, 0.2) is 17.3 Å². The lowest BCUT2D eigenvalue weighted by Crippen LogP contribution is -2.36. The zero-order valence-electron chi connectivity index (χ0n) is 9.55. The Labute approximate surface area is 110 Å². The van der Waals surface area contributed by atoms with Crippen LogP contribution in [0.2, 0.25) is 5.28 Å². The molecule has 0 spiro atoms. The SMILES string of the molecule is CCC(CSC)NS(=O)(=O)c1cnc(Cl)nc1. The highest BCUT2D eigenvalue weighted by molar-refractivity contribution is 7.98. The van der Waals surface area contributed by atoms with Gasteiger partial charge in [0.2, 0.25) is 15.3 Å². The second-order valence-corrected chi connectivity index (χ2v) is 6.33. The fraction of sp³-hybridized carbons (Fsp3) is 0.556. The van der Waals surface area contributed by atoms with Gasteiger partial charge in [-0.3, -0.25) is 0 Å². The molecular formula is C9H14ClN3O2S2. The second-order valence-electron chi connectivity index (χ2n) is 3.37. The monoisotopic (exact) mass is 295 g/mol. The van der Waals surface area contributed by atoms with E-state index in [4.69, 9.17) is 11.6 Å². The van der Waals surface area contributed by atoms with Crippen molar-refractivity contribution in [2.75, 3.05) is 12.0 Å². The quantitative estimate of drug-likeness (QED) is 0.806. The minimum atomic E-state index is -3.56. The summed E-state index contributed by atoms with van der Waals surface area (Å²) in [7, 11) is -3.56. The molecule has 1 atom stereocenters. The predicted octanol–water partition coefficient (Wildman–Crippen LogP) is 1.55. The van der Waals surface area contributed by atoms with E-state index in [9.17, 15) is 8.42 Å². The van der Waals surface area contributed by atoms with Gasteiger partial charge in [-0.25, -0.2) is 23.1 Å². The summed E-state index contributed by atoms with van der Waals surface area (Å²) in [4.78, 5) is 7.34. The molecule has 1 unspecified atom stereocenters. The van der Waals surface area contributed by atoms with Gasteiger partial charge in [-0.05, 0) is 24.3 Å². The van der Waals surface area contributed by atoms with Crippen molar-refractivity contribution in [2.24, 2.45) is 0 Å². The molecule has 0 radical (unpaired) electrons. The molecule has 17 heavy (non-hydrogen) atoms. The third-order valence-corrected chi connectivity index (χ3v) is 4.50. The van der Waals surface area contributed by atoms with E-state index in [0.29, 0.717) is 0 Å². The molecule has 8 heteroatoms. The Bertz CT molecular complexity index is 450. The Balaban J connectivity index is 2.84. The van der Waals surface area contributed by atoms with Gasteiger partial charge in [-0.1, -0.05) is 6.92 Å². The highest BCUT2D eigenvalue weighted by atomic mass is 35.5. The molecule has 0 amide bonds. The van der Waals surface area contributed by atoms with Crippen LogP contribution >= 0.6 is 23.4 Å². The van der Waals surface area contributed by atoms with Crippen LogP contribution in [0.3, 0.4) is 0 Å². The third-order valence-electron chi connectivity index (χ3n) is 2.09. The minimum Gasteiger partial charge on any atom is -0.225 e. The topological polar surface area (TPSA) is 72.0 Å². The van der Waals surface area contributed by atoms with Gasteiger partial charge >= 0.3 is 0 Å². The van der Waals surface area contributed by atoms with E-state index < -0.39 is 10.0 Å². The smallest absolute Gasteiger partial charge is 0.225 e. The summed E-state index contributed by atoms with van der Waals surface area (Å²) in [6, 6.07) is -0.0920. The van der Waals surface area contributed by atoms with E-state index in [0.717, 1.165) is 12.2 Å². The molecule has 1 rings (SSSR count). The summed E-state index contributed by atoms with van der Waals surface area (Å²) in [6.07, 6.45) is 5.06. The first-order valence-corrected chi connectivity index (χ1v) is 8.24. The second kappa shape index (κ2) is 6.53. The molecule has 0 aromatic carbocycles. The molecular weight excluding hydrogens is 282 g/mol. The van der Waals surface area contributed by atoms with Crippen molar-refractivity contribution in [2.45, 2.75) is 24.3 Å². The van der Waals surface area contributed by atoms with E-state index in [2.05, 4.69) is 14.7 Å². The van der Waals surface area contributed by atoms with Gasteiger partial charge in [0.25, 0.3) is 0 Å². The Morgan fingerprint density at radius 2 is 2.06 bits per heavy atom. The molecule has 0 aliphatic carbocycles.